The Balaban J connectivity index is 2.07. The average molecular weight is 499 g/mol. The van der Waals surface area contributed by atoms with Crippen LogP contribution in [-0.4, -0.2) is 65.0 Å². The van der Waals surface area contributed by atoms with Crippen molar-refractivity contribution in [3.05, 3.63) is 39.9 Å². The number of hydrogen-bond donors (Lipinski definition) is 1. The summed E-state index contributed by atoms with van der Waals surface area (Å²) in [4.78, 5) is 36.1. The molecule has 1 aromatic carbocycles. The molecule has 184 valence electrons. The highest BCUT2D eigenvalue weighted by Crippen LogP contribution is 2.39. The van der Waals surface area contributed by atoms with Gasteiger partial charge in [-0.2, -0.15) is 0 Å². The van der Waals surface area contributed by atoms with Crippen LogP contribution in [0.5, 0.6) is 0 Å². The van der Waals surface area contributed by atoms with Crippen molar-refractivity contribution in [3.8, 4) is 0 Å². The number of likely N-dealkylation sites (tertiary alicyclic amines) is 1. The summed E-state index contributed by atoms with van der Waals surface area (Å²) in [6.07, 6.45) is -0.00909. The van der Waals surface area contributed by atoms with E-state index in [0.29, 0.717) is 24.3 Å². The fourth-order valence-electron chi connectivity index (χ4n) is 3.20. The number of rotatable bonds is 9. The summed E-state index contributed by atoms with van der Waals surface area (Å²) in [5.41, 5.74) is 0.618. The fourth-order valence-corrected chi connectivity index (χ4v) is 5.53. The van der Waals surface area contributed by atoms with Gasteiger partial charge in [-0.15, -0.1) is 11.8 Å². The van der Waals surface area contributed by atoms with Crippen LogP contribution in [0.25, 0.3) is 0 Å². The van der Waals surface area contributed by atoms with Gasteiger partial charge in [-0.1, -0.05) is 20.8 Å². The molecule has 0 aromatic heterocycles. The Morgan fingerprint density at radius 2 is 1.91 bits per heavy atom. The Morgan fingerprint density at radius 3 is 2.42 bits per heavy atom. The molecule has 0 spiro atoms. The normalized spacial score (nSPS) is 19.9. The van der Waals surface area contributed by atoms with E-state index in [1.54, 1.807) is 24.0 Å². The maximum atomic E-state index is 12.9. The van der Waals surface area contributed by atoms with E-state index < -0.39 is 30.6 Å². The topological polar surface area (TPSA) is 119 Å². The molecule has 1 fully saturated rings. The first-order chi connectivity index (χ1) is 15.2. The summed E-state index contributed by atoms with van der Waals surface area (Å²) in [7, 11) is -2.05. The molecule has 1 saturated heterocycles. The highest BCUT2D eigenvalue weighted by atomic mass is 32.2. The number of carbonyl (C=O) groups is 2. The van der Waals surface area contributed by atoms with Crippen LogP contribution in [-0.2, 0) is 20.6 Å². The second kappa shape index (κ2) is 10.9. The molecule has 1 N–H and O–H groups in total. The minimum absolute atomic E-state index is 0.00746. The van der Waals surface area contributed by atoms with Crippen molar-refractivity contribution in [2.45, 2.75) is 76.3 Å². The third-order valence-corrected chi connectivity index (χ3v) is 12.1. The average Bonchev–Trinajstić information content (AvgIpc) is 3.11. The van der Waals surface area contributed by atoms with Gasteiger partial charge in [0.1, 0.15) is 6.61 Å². The second-order valence-corrected chi connectivity index (χ2v) is 16.0. The van der Waals surface area contributed by atoms with Crippen LogP contribution >= 0.6 is 11.8 Å². The van der Waals surface area contributed by atoms with Gasteiger partial charge in [0.25, 0.3) is 5.69 Å². The number of carboxylic acid groups (broad SMARTS) is 1. The maximum absolute atomic E-state index is 12.9. The molecule has 1 aliphatic heterocycles. The highest BCUT2D eigenvalue weighted by molar-refractivity contribution is 8.00. The monoisotopic (exact) mass is 498 g/mol. The van der Waals surface area contributed by atoms with E-state index in [2.05, 4.69) is 33.9 Å². The molecule has 3 unspecified atom stereocenters. The van der Waals surface area contributed by atoms with E-state index >= 15 is 0 Å². The SMILES string of the molecule is CC(SCC1CC(O[Si](C)(C)C(C)(C)C)CN1C(=O)OCc1ccc([N+](=O)[O-])cc1)C(=O)O. The lowest BCUT2D eigenvalue weighted by atomic mass is 10.2. The van der Waals surface area contributed by atoms with Gasteiger partial charge in [-0.3, -0.25) is 14.9 Å². The Kier molecular flexibility index (Phi) is 8.94. The molecule has 1 heterocycles. The molecule has 0 saturated carbocycles. The van der Waals surface area contributed by atoms with Crippen molar-refractivity contribution >= 4 is 37.8 Å². The largest absolute Gasteiger partial charge is 0.480 e. The van der Waals surface area contributed by atoms with E-state index in [0.717, 1.165) is 0 Å². The number of aliphatic carboxylic acids is 1. The number of non-ortho nitro benzene ring substituents is 1. The third-order valence-electron chi connectivity index (χ3n) is 6.27. The minimum atomic E-state index is -2.05. The molecule has 3 atom stereocenters. The molecule has 1 aliphatic rings. The molecular formula is C22H34N2O7SSi. The Bertz CT molecular complexity index is 857. The molecule has 1 amide bonds. The molecule has 0 radical (unpaired) electrons. The number of nitrogens with zero attached hydrogens (tertiary/aromatic N) is 2. The van der Waals surface area contributed by atoms with Crippen molar-refractivity contribution in [2.75, 3.05) is 12.3 Å². The number of carboxylic acids is 1. The molecule has 2 rings (SSSR count). The summed E-state index contributed by atoms with van der Waals surface area (Å²) < 4.78 is 12.0. The summed E-state index contributed by atoms with van der Waals surface area (Å²) in [5, 5.41) is 19.4. The van der Waals surface area contributed by atoms with Gasteiger partial charge >= 0.3 is 12.1 Å². The predicted molar refractivity (Wildman–Crippen MR) is 130 cm³/mol. The number of benzene rings is 1. The van der Waals surface area contributed by atoms with Crippen LogP contribution in [0.15, 0.2) is 24.3 Å². The molecule has 33 heavy (non-hydrogen) atoms. The summed E-state index contributed by atoms with van der Waals surface area (Å²) in [5.74, 6) is -0.420. The van der Waals surface area contributed by atoms with Crippen molar-refractivity contribution in [1.82, 2.24) is 4.90 Å². The van der Waals surface area contributed by atoms with Crippen molar-refractivity contribution < 1.29 is 28.8 Å². The zero-order valence-corrected chi connectivity index (χ0v) is 21.9. The van der Waals surface area contributed by atoms with Crippen LogP contribution in [0.1, 0.15) is 39.7 Å². The fraction of sp³-hybridized carbons (Fsp3) is 0.636. The van der Waals surface area contributed by atoms with Crippen molar-refractivity contribution in [2.24, 2.45) is 0 Å². The zero-order valence-electron chi connectivity index (χ0n) is 20.1. The van der Waals surface area contributed by atoms with Gasteiger partial charge in [0, 0.05) is 30.5 Å². The van der Waals surface area contributed by atoms with Gasteiger partial charge < -0.3 is 19.2 Å². The van der Waals surface area contributed by atoms with E-state index in [-0.39, 0.29) is 29.5 Å². The Labute approximate surface area is 200 Å². The van der Waals surface area contributed by atoms with E-state index in [1.165, 1.54) is 23.9 Å². The predicted octanol–water partition coefficient (Wildman–Crippen LogP) is 4.90. The van der Waals surface area contributed by atoms with Gasteiger partial charge in [-0.25, -0.2) is 4.79 Å². The first-order valence-electron chi connectivity index (χ1n) is 10.9. The van der Waals surface area contributed by atoms with Gasteiger partial charge in [0.2, 0.25) is 0 Å². The van der Waals surface area contributed by atoms with Gasteiger partial charge in [0.15, 0.2) is 8.32 Å². The molecule has 1 aromatic rings. The number of hydrogen-bond acceptors (Lipinski definition) is 7. The van der Waals surface area contributed by atoms with Crippen LogP contribution in [0.2, 0.25) is 18.1 Å². The standard InChI is InChI=1S/C22H34N2O7SSi/c1-15(20(25)26)32-14-18-11-19(31-33(5,6)22(2,3)4)12-23(18)21(27)30-13-16-7-9-17(10-8-16)24(28)29/h7-10,15,18-19H,11-14H2,1-6H3,(H,25,26). The summed E-state index contributed by atoms with van der Waals surface area (Å²) in [6.45, 7) is 12.8. The quantitative estimate of drug-likeness (QED) is 0.290. The number of nitro benzene ring substituents is 1. The minimum Gasteiger partial charge on any atom is -0.480 e. The Hall–Kier alpha value is -2.11. The number of carbonyl (C=O) groups excluding carboxylic acids is 1. The maximum Gasteiger partial charge on any atom is 0.410 e. The van der Waals surface area contributed by atoms with Gasteiger partial charge in [0.05, 0.1) is 16.3 Å². The highest BCUT2D eigenvalue weighted by Gasteiger charge is 2.44. The second-order valence-electron chi connectivity index (χ2n) is 9.83. The van der Waals surface area contributed by atoms with Crippen molar-refractivity contribution in [3.63, 3.8) is 0 Å². The van der Waals surface area contributed by atoms with Crippen LogP contribution in [0.3, 0.4) is 0 Å². The lowest BCUT2D eigenvalue weighted by molar-refractivity contribution is -0.384. The van der Waals surface area contributed by atoms with Crippen LogP contribution in [0, 0.1) is 10.1 Å². The Morgan fingerprint density at radius 1 is 1.30 bits per heavy atom. The zero-order chi connectivity index (χ0) is 25.0. The lowest BCUT2D eigenvalue weighted by Crippen LogP contribution is -2.44. The molecular weight excluding hydrogens is 464 g/mol. The molecule has 0 aliphatic carbocycles. The van der Waals surface area contributed by atoms with Crippen molar-refractivity contribution in [1.29, 1.82) is 0 Å². The van der Waals surface area contributed by atoms with E-state index in [1.807, 2.05) is 0 Å². The molecule has 9 nitrogen and oxygen atoms in total. The molecule has 11 heteroatoms. The van der Waals surface area contributed by atoms with E-state index in [9.17, 15) is 24.8 Å². The molecule has 0 bridgehead atoms. The smallest absolute Gasteiger partial charge is 0.410 e. The summed E-state index contributed by atoms with van der Waals surface area (Å²) in [6, 6.07) is 5.65. The van der Waals surface area contributed by atoms with E-state index in [4.69, 9.17) is 9.16 Å². The first kappa shape index (κ1) is 27.1. The van der Waals surface area contributed by atoms with Gasteiger partial charge in [-0.05, 0) is 49.2 Å². The number of thioether (sulfide) groups is 1. The lowest BCUT2D eigenvalue weighted by Gasteiger charge is -2.38. The first-order valence-corrected chi connectivity index (χ1v) is 14.9. The number of ether oxygens (including phenoxy) is 1. The third kappa shape index (κ3) is 7.44. The van der Waals surface area contributed by atoms with Crippen LogP contribution in [0.4, 0.5) is 10.5 Å². The number of nitro groups is 1. The number of amides is 1. The van der Waals surface area contributed by atoms with Crippen LogP contribution < -0.4 is 0 Å². The summed E-state index contributed by atoms with van der Waals surface area (Å²) >= 11 is 1.29.